The molecule has 3 unspecified atom stereocenters. The fraction of sp³-hybridized carbons (Fsp3) is 0.846. The van der Waals surface area contributed by atoms with Crippen molar-refractivity contribution in [3.05, 3.63) is 0 Å². The van der Waals surface area contributed by atoms with Gasteiger partial charge in [0.2, 0.25) is 11.8 Å². The molecule has 3 N–H and O–H groups in total. The molecule has 2 aliphatic heterocycles. The lowest BCUT2D eigenvalue weighted by molar-refractivity contribution is -0.133. The molecule has 2 amide bonds. The smallest absolute Gasteiger partial charge is 0.249 e. The summed E-state index contributed by atoms with van der Waals surface area (Å²) in [5.74, 6) is 0.0940. The van der Waals surface area contributed by atoms with Gasteiger partial charge in [0.05, 0.1) is 6.10 Å². The van der Waals surface area contributed by atoms with E-state index in [0.717, 1.165) is 25.8 Å². The molecule has 6 nitrogen and oxygen atoms in total. The molecule has 19 heavy (non-hydrogen) atoms. The van der Waals surface area contributed by atoms with Crippen molar-refractivity contribution in [1.82, 2.24) is 10.2 Å². The second-order valence-electron chi connectivity index (χ2n) is 5.41. The first-order valence-corrected chi connectivity index (χ1v) is 7.04. The van der Waals surface area contributed by atoms with Gasteiger partial charge in [-0.2, -0.15) is 0 Å². The van der Waals surface area contributed by atoms with E-state index in [0.29, 0.717) is 19.5 Å². The number of hydrogen-bond donors (Lipinski definition) is 2. The molecule has 6 heteroatoms. The zero-order valence-electron chi connectivity index (χ0n) is 11.4. The highest BCUT2D eigenvalue weighted by Gasteiger charge is 2.31. The summed E-state index contributed by atoms with van der Waals surface area (Å²) in [4.78, 5) is 25.3. The van der Waals surface area contributed by atoms with E-state index in [1.165, 1.54) is 0 Å². The lowest BCUT2D eigenvalue weighted by atomic mass is 10.2. The fourth-order valence-electron chi connectivity index (χ4n) is 2.68. The molecule has 108 valence electrons. The number of hydrogen-bond acceptors (Lipinski definition) is 4. The van der Waals surface area contributed by atoms with Crippen LogP contribution in [0.15, 0.2) is 0 Å². The van der Waals surface area contributed by atoms with E-state index in [2.05, 4.69) is 5.32 Å². The number of ether oxygens (including phenoxy) is 1. The van der Waals surface area contributed by atoms with Gasteiger partial charge in [-0.25, -0.2) is 0 Å². The van der Waals surface area contributed by atoms with Gasteiger partial charge in [0.15, 0.2) is 0 Å². The Morgan fingerprint density at radius 1 is 1.58 bits per heavy atom. The number of amides is 2. The van der Waals surface area contributed by atoms with Crippen LogP contribution < -0.4 is 11.1 Å². The molecule has 0 bridgehead atoms. The van der Waals surface area contributed by atoms with Crippen LogP contribution in [0.4, 0.5) is 0 Å². The molecule has 0 aromatic carbocycles. The van der Waals surface area contributed by atoms with E-state index < -0.39 is 0 Å². The highest BCUT2D eigenvalue weighted by atomic mass is 16.5. The summed E-state index contributed by atoms with van der Waals surface area (Å²) in [5, 5.41) is 2.92. The minimum Gasteiger partial charge on any atom is -0.364 e. The van der Waals surface area contributed by atoms with E-state index in [-0.39, 0.29) is 30.1 Å². The van der Waals surface area contributed by atoms with Crippen LogP contribution in [0, 0.1) is 0 Å². The Morgan fingerprint density at radius 2 is 2.37 bits per heavy atom. The summed E-state index contributed by atoms with van der Waals surface area (Å²) in [6, 6.07) is -0.0462. The number of carbonyl (C=O) groups excluding carboxylic acids is 2. The molecular weight excluding hydrogens is 246 g/mol. The maximum absolute atomic E-state index is 12.0. The topological polar surface area (TPSA) is 84.7 Å². The van der Waals surface area contributed by atoms with Gasteiger partial charge in [-0.05, 0) is 26.2 Å². The molecular formula is C13H23N3O3. The molecule has 0 saturated carbocycles. The lowest BCUT2D eigenvalue weighted by Crippen LogP contribution is -2.46. The molecule has 0 spiro atoms. The largest absolute Gasteiger partial charge is 0.364 e. The van der Waals surface area contributed by atoms with Crippen LogP contribution in [-0.2, 0) is 14.3 Å². The van der Waals surface area contributed by atoms with Crippen molar-refractivity contribution in [1.29, 1.82) is 0 Å². The van der Waals surface area contributed by atoms with Crippen molar-refractivity contribution < 1.29 is 14.3 Å². The molecule has 0 aromatic rings. The van der Waals surface area contributed by atoms with Gasteiger partial charge in [0, 0.05) is 32.1 Å². The first kappa shape index (κ1) is 14.3. The number of nitrogens with one attached hydrogen (secondary N) is 1. The number of rotatable bonds is 5. The summed E-state index contributed by atoms with van der Waals surface area (Å²) in [7, 11) is 0. The molecule has 0 radical (unpaired) electrons. The van der Waals surface area contributed by atoms with Crippen molar-refractivity contribution in [2.45, 2.75) is 50.9 Å². The van der Waals surface area contributed by atoms with Gasteiger partial charge in [-0.15, -0.1) is 0 Å². The third kappa shape index (κ3) is 3.67. The Bertz CT molecular complexity index is 348. The molecule has 2 fully saturated rings. The Hall–Kier alpha value is -1.14. The molecule has 2 heterocycles. The standard InChI is InChI=1S/C13H23N3O3/c1-9(8-16-6-2-3-12(16)17)15-13(18)11-5-4-10(7-14)19-11/h9-11H,2-8,14H2,1H3,(H,15,18). The van der Waals surface area contributed by atoms with Crippen LogP contribution >= 0.6 is 0 Å². The van der Waals surface area contributed by atoms with Crippen LogP contribution in [0.25, 0.3) is 0 Å². The van der Waals surface area contributed by atoms with Crippen LogP contribution in [0.1, 0.15) is 32.6 Å². The molecule has 3 atom stereocenters. The van der Waals surface area contributed by atoms with Crippen LogP contribution in [-0.4, -0.2) is 54.6 Å². The monoisotopic (exact) mass is 269 g/mol. The van der Waals surface area contributed by atoms with Crippen molar-refractivity contribution in [2.75, 3.05) is 19.6 Å². The van der Waals surface area contributed by atoms with Gasteiger partial charge in [-0.1, -0.05) is 0 Å². The predicted octanol–water partition coefficient (Wildman–Crippen LogP) is -0.380. The zero-order chi connectivity index (χ0) is 13.8. The van der Waals surface area contributed by atoms with Crippen LogP contribution in [0.3, 0.4) is 0 Å². The Balaban J connectivity index is 1.74. The normalized spacial score (nSPS) is 28.7. The van der Waals surface area contributed by atoms with Crippen LogP contribution in [0.2, 0.25) is 0 Å². The summed E-state index contributed by atoms with van der Waals surface area (Å²) in [6.07, 6.45) is 2.74. The minimum absolute atomic E-state index is 0.00576. The third-order valence-corrected chi connectivity index (χ3v) is 3.72. The third-order valence-electron chi connectivity index (χ3n) is 3.72. The Labute approximate surface area is 113 Å². The van der Waals surface area contributed by atoms with Crippen molar-refractivity contribution >= 4 is 11.8 Å². The van der Waals surface area contributed by atoms with Gasteiger partial charge in [-0.3, -0.25) is 9.59 Å². The summed E-state index contributed by atoms with van der Waals surface area (Å²) in [6.45, 7) is 3.76. The SMILES string of the molecule is CC(CN1CCCC1=O)NC(=O)C1CCC(CN)O1. The zero-order valence-corrected chi connectivity index (χ0v) is 11.4. The maximum atomic E-state index is 12.0. The molecule has 0 aromatic heterocycles. The highest BCUT2D eigenvalue weighted by molar-refractivity contribution is 5.81. The predicted molar refractivity (Wildman–Crippen MR) is 70.4 cm³/mol. The molecule has 2 saturated heterocycles. The van der Waals surface area contributed by atoms with Gasteiger partial charge < -0.3 is 20.7 Å². The fourth-order valence-corrected chi connectivity index (χ4v) is 2.68. The summed E-state index contributed by atoms with van der Waals surface area (Å²) in [5.41, 5.74) is 5.52. The first-order chi connectivity index (χ1) is 9.10. The van der Waals surface area contributed by atoms with Gasteiger partial charge in [0.25, 0.3) is 0 Å². The van der Waals surface area contributed by atoms with E-state index in [9.17, 15) is 9.59 Å². The van der Waals surface area contributed by atoms with Gasteiger partial charge >= 0.3 is 0 Å². The first-order valence-electron chi connectivity index (χ1n) is 7.04. The average molecular weight is 269 g/mol. The Kier molecular flexibility index (Phi) is 4.76. The lowest BCUT2D eigenvalue weighted by Gasteiger charge is -2.23. The van der Waals surface area contributed by atoms with E-state index in [1.54, 1.807) is 0 Å². The number of nitrogens with two attached hydrogens (primary N) is 1. The summed E-state index contributed by atoms with van der Waals surface area (Å²) < 4.78 is 5.55. The van der Waals surface area contributed by atoms with E-state index in [1.807, 2.05) is 11.8 Å². The van der Waals surface area contributed by atoms with Gasteiger partial charge in [0.1, 0.15) is 6.10 Å². The summed E-state index contributed by atoms with van der Waals surface area (Å²) >= 11 is 0. The van der Waals surface area contributed by atoms with Crippen molar-refractivity contribution in [3.8, 4) is 0 Å². The van der Waals surface area contributed by atoms with Crippen LogP contribution in [0.5, 0.6) is 0 Å². The number of carbonyl (C=O) groups is 2. The van der Waals surface area contributed by atoms with Crippen molar-refractivity contribution in [3.63, 3.8) is 0 Å². The molecule has 2 rings (SSSR count). The van der Waals surface area contributed by atoms with Crippen molar-refractivity contribution in [2.24, 2.45) is 5.73 Å². The highest BCUT2D eigenvalue weighted by Crippen LogP contribution is 2.19. The second kappa shape index (κ2) is 6.34. The van der Waals surface area contributed by atoms with E-state index >= 15 is 0 Å². The molecule has 2 aliphatic rings. The quantitative estimate of drug-likeness (QED) is 0.712. The minimum atomic E-state index is -0.384. The van der Waals surface area contributed by atoms with E-state index in [4.69, 9.17) is 10.5 Å². The number of nitrogens with zero attached hydrogens (tertiary/aromatic N) is 1. The molecule has 0 aliphatic carbocycles. The Morgan fingerprint density at radius 3 is 2.95 bits per heavy atom. The number of likely N-dealkylation sites (tertiary alicyclic amines) is 1. The second-order valence-corrected chi connectivity index (χ2v) is 5.41. The average Bonchev–Trinajstić information content (AvgIpc) is 2.99. The maximum Gasteiger partial charge on any atom is 0.249 e.